The van der Waals surface area contributed by atoms with Crippen LogP contribution in [0.1, 0.15) is 110 Å². The van der Waals surface area contributed by atoms with E-state index in [2.05, 4.69) is 26.0 Å². The first kappa shape index (κ1) is 23.6. The fourth-order valence-electron chi connectivity index (χ4n) is 3.24. The smallest absolute Gasteiger partial charge is 0.169 e. The molecule has 0 aromatic heterocycles. The highest BCUT2D eigenvalue weighted by Crippen LogP contribution is 2.21. The molecule has 0 heterocycles. The van der Waals surface area contributed by atoms with Crippen LogP contribution in [0, 0.1) is 5.92 Å². The van der Waals surface area contributed by atoms with Crippen molar-refractivity contribution in [3.8, 4) is 0 Å². The molecule has 0 fully saturated rings. The fraction of sp³-hybridized carbons (Fsp3) is 0.905. The molecule has 0 aliphatic heterocycles. The van der Waals surface area contributed by atoms with Crippen LogP contribution in [0.25, 0.3) is 0 Å². The van der Waals surface area contributed by atoms with Crippen LogP contribution in [0.15, 0.2) is 12.2 Å². The van der Waals surface area contributed by atoms with Gasteiger partial charge in [0.1, 0.15) is 0 Å². The summed E-state index contributed by atoms with van der Waals surface area (Å²) in [7, 11) is 0. The predicted molar refractivity (Wildman–Crippen MR) is 107 cm³/mol. The molecule has 0 aromatic rings. The Morgan fingerprint density at radius 3 is 1.71 bits per heavy atom. The van der Waals surface area contributed by atoms with Gasteiger partial charge in [0, 0.05) is 5.92 Å². The van der Waals surface area contributed by atoms with E-state index in [0.29, 0.717) is 0 Å². The average Bonchev–Trinajstić information content (AvgIpc) is 2.53. The second kappa shape index (κ2) is 16.1. The molecule has 144 valence electrons. The number of allylic oxidation sites excluding steroid dienone is 2. The van der Waals surface area contributed by atoms with Gasteiger partial charge in [0.25, 0.3) is 0 Å². The van der Waals surface area contributed by atoms with Gasteiger partial charge in [-0.3, -0.25) is 11.5 Å². The molecule has 0 saturated heterocycles. The Kier molecular flexibility index (Phi) is 15.9. The Balaban J connectivity index is 3.42. The van der Waals surface area contributed by atoms with Crippen LogP contribution < -0.4 is 11.5 Å². The third kappa shape index (κ3) is 15.2. The highest BCUT2D eigenvalue weighted by atomic mass is 16.3. The second-order valence-electron chi connectivity index (χ2n) is 7.39. The fourth-order valence-corrected chi connectivity index (χ4v) is 3.24. The summed E-state index contributed by atoms with van der Waals surface area (Å²) >= 11 is 0. The molecule has 24 heavy (non-hydrogen) atoms. The van der Waals surface area contributed by atoms with Gasteiger partial charge in [0.2, 0.25) is 0 Å². The first-order valence-corrected chi connectivity index (χ1v) is 10.5. The largest absolute Gasteiger partial charge is 0.363 e. The van der Waals surface area contributed by atoms with Gasteiger partial charge in [-0.1, -0.05) is 83.8 Å². The maximum Gasteiger partial charge on any atom is 0.169 e. The van der Waals surface area contributed by atoms with Crippen molar-refractivity contribution in [2.45, 2.75) is 116 Å². The lowest BCUT2D eigenvalue weighted by Gasteiger charge is -2.28. The van der Waals surface area contributed by atoms with Crippen molar-refractivity contribution >= 4 is 0 Å². The van der Waals surface area contributed by atoms with Crippen LogP contribution in [-0.4, -0.2) is 11.0 Å². The monoisotopic (exact) mass is 340 g/mol. The lowest BCUT2D eigenvalue weighted by atomic mass is 9.91. The minimum Gasteiger partial charge on any atom is -0.363 e. The molecule has 0 aliphatic carbocycles. The number of aliphatic hydroxyl groups is 1. The zero-order valence-electron chi connectivity index (χ0n) is 16.4. The molecule has 0 rings (SSSR count). The van der Waals surface area contributed by atoms with Gasteiger partial charge in [0.15, 0.2) is 5.85 Å². The summed E-state index contributed by atoms with van der Waals surface area (Å²) < 4.78 is 0. The highest BCUT2D eigenvalue weighted by Gasteiger charge is 2.26. The summed E-state index contributed by atoms with van der Waals surface area (Å²) in [5.41, 5.74) is 11.3. The number of nitrogens with two attached hydrogens (primary N) is 2. The quantitative estimate of drug-likeness (QED) is 0.183. The molecular formula is C21H44N2O. The number of rotatable bonds is 17. The maximum atomic E-state index is 9.76. The zero-order chi connectivity index (χ0) is 18.1. The number of unbranched alkanes of at least 4 members (excludes halogenated alkanes) is 10. The third-order valence-electron chi connectivity index (χ3n) is 4.86. The van der Waals surface area contributed by atoms with E-state index in [0.717, 1.165) is 25.7 Å². The van der Waals surface area contributed by atoms with Gasteiger partial charge >= 0.3 is 0 Å². The normalized spacial score (nSPS) is 13.7. The van der Waals surface area contributed by atoms with Gasteiger partial charge in [0.05, 0.1) is 0 Å². The minimum absolute atomic E-state index is 0.0275. The van der Waals surface area contributed by atoms with Crippen LogP contribution in [0.5, 0.6) is 0 Å². The van der Waals surface area contributed by atoms with E-state index in [1.807, 2.05) is 0 Å². The predicted octanol–water partition coefficient (Wildman–Crippen LogP) is 5.61. The minimum atomic E-state index is -1.50. The van der Waals surface area contributed by atoms with Gasteiger partial charge in [-0.25, -0.2) is 0 Å². The summed E-state index contributed by atoms with van der Waals surface area (Å²) in [6.45, 7) is 4.37. The molecule has 0 spiro atoms. The van der Waals surface area contributed by atoms with E-state index in [4.69, 9.17) is 11.5 Å². The summed E-state index contributed by atoms with van der Waals surface area (Å²) in [5.74, 6) is -1.48. The first-order chi connectivity index (χ1) is 11.5. The molecule has 0 radical (unpaired) electrons. The van der Waals surface area contributed by atoms with Crippen LogP contribution >= 0.6 is 0 Å². The molecule has 0 saturated carbocycles. The van der Waals surface area contributed by atoms with Gasteiger partial charge in [-0.2, -0.15) is 0 Å². The lowest BCUT2D eigenvalue weighted by molar-refractivity contribution is -0.0156. The van der Waals surface area contributed by atoms with Crippen LogP contribution in [0.3, 0.4) is 0 Å². The van der Waals surface area contributed by atoms with Crippen LogP contribution in [0.2, 0.25) is 0 Å². The molecule has 0 amide bonds. The van der Waals surface area contributed by atoms with Crippen molar-refractivity contribution in [1.29, 1.82) is 0 Å². The summed E-state index contributed by atoms with van der Waals surface area (Å²) in [6.07, 6.45) is 23.1. The second-order valence-corrected chi connectivity index (χ2v) is 7.39. The molecule has 0 aliphatic rings. The van der Waals surface area contributed by atoms with Crippen LogP contribution in [-0.2, 0) is 0 Å². The molecule has 5 N–H and O–H groups in total. The molecule has 0 bridgehead atoms. The summed E-state index contributed by atoms with van der Waals surface area (Å²) in [4.78, 5) is 0. The molecule has 3 heteroatoms. The van der Waals surface area contributed by atoms with E-state index in [9.17, 15) is 5.11 Å². The average molecular weight is 341 g/mol. The summed E-state index contributed by atoms with van der Waals surface area (Å²) in [5, 5.41) is 9.76. The van der Waals surface area contributed by atoms with E-state index in [-0.39, 0.29) is 5.92 Å². The Hall–Kier alpha value is -0.380. The van der Waals surface area contributed by atoms with Crippen molar-refractivity contribution < 1.29 is 5.11 Å². The van der Waals surface area contributed by atoms with Gasteiger partial charge in [-0.05, 0) is 38.5 Å². The Bertz CT molecular complexity index is 284. The summed E-state index contributed by atoms with van der Waals surface area (Å²) in [6, 6.07) is 0. The lowest BCUT2D eigenvalue weighted by Crippen LogP contribution is -2.55. The maximum absolute atomic E-state index is 9.76. The molecule has 1 unspecified atom stereocenters. The van der Waals surface area contributed by atoms with Crippen LogP contribution in [0.4, 0.5) is 0 Å². The Labute approximate surface area is 151 Å². The van der Waals surface area contributed by atoms with E-state index < -0.39 is 5.85 Å². The van der Waals surface area contributed by atoms with E-state index in [1.54, 1.807) is 0 Å². The Morgan fingerprint density at radius 2 is 1.21 bits per heavy atom. The van der Waals surface area contributed by atoms with Crippen molar-refractivity contribution in [3.63, 3.8) is 0 Å². The van der Waals surface area contributed by atoms with Gasteiger partial charge in [-0.15, -0.1) is 0 Å². The Morgan fingerprint density at radius 1 is 0.708 bits per heavy atom. The highest BCUT2D eigenvalue weighted by molar-refractivity contribution is 4.81. The molecular weight excluding hydrogens is 296 g/mol. The molecule has 3 nitrogen and oxygen atoms in total. The number of hydrogen-bond donors (Lipinski definition) is 3. The van der Waals surface area contributed by atoms with Crippen molar-refractivity contribution in [1.82, 2.24) is 0 Å². The topological polar surface area (TPSA) is 72.3 Å². The third-order valence-corrected chi connectivity index (χ3v) is 4.86. The SMILES string of the molecule is CCCCCCCC/C=C\CCCCCCC(CCC)C(N)(N)O. The molecule has 0 aromatic carbocycles. The van der Waals surface area contributed by atoms with Crippen molar-refractivity contribution in [3.05, 3.63) is 12.2 Å². The van der Waals surface area contributed by atoms with Crippen molar-refractivity contribution in [2.75, 3.05) is 0 Å². The zero-order valence-corrected chi connectivity index (χ0v) is 16.4. The standard InChI is InChI=1S/C21H44N2O/c1-3-5-6-7-8-9-10-11-12-13-14-15-16-17-19-20(18-4-2)21(22,23)24/h11-12,20,24H,3-10,13-19,22-23H2,1-2H3/b12-11-. The molecule has 1 atom stereocenters. The van der Waals surface area contributed by atoms with E-state index in [1.165, 1.54) is 70.6 Å². The van der Waals surface area contributed by atoms with E-state index >= 15 is 0 Å². The number of hydrogen-bond acceptors (Lipinski definition) is 3. The van der Waals surface area contributed by atoms with Gasteiger partial charge < -0.3 is 5.11 Å². The first-order valence-electron chi connectivity index (χ1n) is 10.5. The van der Waals surface area contributed by atoms with Crippen molar-refractivity contribution in [2.24, 2.45) is 17.4 Å².